The Labute approximate surface area is 108 Å². The summed E-state index contributed by atoms with van der Waals surface area (Å²) < 4.78 is 19.2. The lowest BCUT2D eigenvalue weighted by molar-refractivity contribution is 0.464. The highest BCUT2D eigenvalue weighted by molar-refractivity contribution is 9.10. The lowest BCUT2D eigenvalue weighted by Gasteiger charge is -2.15. The van der Waals surface area contributed by atoms with Crippen LogP contribution in [0.5, 0.6) is 0 Å². The molecule has 2 aromatic rings. The van der Waals surface area contributed by atoms with Gasteiger partial charge in [0.25, 0.3) is 0 Å². The molecule has 1 atom stereocenters. The zero-order chi connectivity index (χ0) is 12.3. The Bertz CT molecular complexity index is 484. The highest BCUT2D eigenvalue weighted by Crippen LogP contribution is 2.23. The minimum Gasteiger partial charge on any atom is -0.469 e. The van der Waals surface area contributed by atoms with Crippen LogP contribution in [0.25, 0.3) is 0 Å². The predicted molar refractivity (Wildman–Crippen MR) is 68.3 cm³/mol. The molecule has 17 heavy (non-hydrogen) atoms. The Morgan fingerprint density at radius 3 is 2.82 bits per heavy atom. The van der Waals surface area contributed by atoms with Crippen molar-refractivity contribution in [2.75, 3.05) is 7.05 Å². The van der Waals surface area contributed by atoms with E-state index < -0.39 is 0 Å². The number of rotatable bonds is 4. The van der Waals surface area contributed by atoms with Crippen molar-refractivity contribution in [1.29, 1.82) is 0 Å². The molecule has 1 N–H and O–H groups in total. The summed E-state index contributed by atoms with van der Waals surface area (Å²) in [7, 11) is 1.85. The lowest BCUT2D eigenvalue weighted by atomic mass is 10.0. The topological polar surface area (TPSA) is 25.2 Å². The van der Waals surface area contributed by atoms with Crippen LogP contribution >= 0.6 is 15.9 Å². The Kier molecular flexibility index (Phi) is 3.97. The summed E-state index contributed by atoms with van der Waals surface area (Å²) in [6.45, 7) is 0. The van der Waals surface area contributed by atoms with Gasteiger partial charge in [0.15, 0.2) is 0 Å². The van der Waals surface area contributed by atoms with E-state index in [1.165, 1.54) is 6.07 Å². The van der Waals surface area contributed by atoms with E-state index in [2.05, 4.69) is 21.2 Å². The largest absolute Gasteiger partial charge is 0.469 e. The third-order valence-electron chi connectivity index (χ3n) is 2.68. The van der Waals surface area contributed by atoms with E-state index in [9.17, 15) is 4.39 Å². The molecule has 0 saturated carbocycles. The van der Waals surface area contributed by atoms with Crippen LogP contribution in [0, 0.1) is 5.82 Å². The molecular formula is C13H13BrFNO. The molecule has 1 aromatic carbocycles. The molecule has 1 unspecified atom stereocenters. The van der Waals surface area contributed by atoms with Gasteiger partial charge in [-0.15, -0.1) is 0 Å². The van der Waals surface area contributed by atoms with Crippen molar-refractivity contribution in [3.05, 3.63) is 58.2 Å². The number of halogens is 2. The fourth-order valence-corrected chi connectivity index (χ4v) is 1.99. The van der Waals surface area contributed by atoms with Crippen molar-refractivity contribution in [3.63, 3.8) is 0 Å². The van der Waals surface area contributed by atoms with Gasteiger partial charge in [0.05, 0.1) is 10.7 Å². The fraction of sp³-hybridized carbons (Fsp3) is 0.231. The van der Waals surface area contributed by atoms with Crippen LogP contribution in [-0.2, 0) is 6.42 Å². The zero-order valence-electron chi connectivity index (χ0n) is 9.41. The van der Waals surface area contributed by atoms with Gasteiger partial charge in [0, 0.05) is 12.5 Å². The van der Waals surface area contributed by atoms with Crippen LogP contribution in [0.15, 0.2) is 45.5 Å². The van der Waals surface area contributed by atoms with Crippen molar-refractivity contribution in [2.24, 2.45) is 0 Å². The number of benzene rings is 1. The summed E-state index contributed by atoms with van der Waals surface area (Å²) in [5.41, 5.74) is 0.907. The molecule has 0 bridgehead atoms. The van der Waals surface area contributed by atoms with Gasteiger partial charge in [-0.3, -0.25) is 0 Å². The normalized spacial score (nSPS) is 12.6. The molecule has 2 rings (SSSR count). The van der Waals surface area contributed by atoms with E-state index in [0.717, 1.165) is 11.3 Å². The van der Waals surface area contributed by atoms with Gasteiger partial charge in [-0.25, -0.2) is 4.39 Å². The number of hydrogen-bond acceptors (Lipinski definition) is 2. The van der Waals surface area contributed by atoms with E-state index in [4.69, 9.17) is 4.42 Å². The third kappa shape index (κ3) is 2.96. The first kappa shape index (κ1) is 12.3. The minimum absolute atomic E-state index is 0.0451. The Hall–Kier alpha value is -1.13. The number of likely N-dealkylation sites (N-methyl/N-ethyl adjacent to an activating group) is 1. The highest BCUT2D eigenvalue weighted by Gasteiger charge is 2.13. The zero-order valence-corrected chi connectivity index (χ0v) is 11.0. The van der Waals surface area contributed by atoms with Gasteiger partial charge in [0.2, 0.25) is 0 Å². The molecule has 0 spiro atoms. The van der Waals surface area contributed by atoms with Gasteiger partial charge in [-0.2, -0.15) is 0 Å². The predicted octanol–water partition coefficient (Wildman–Crippen LogP) is 3.68. The highest BCUT2D eigenvalue weighted by atomic mass is 79.9. The SMILES string of the molecule is CNC(Cc1ccco1)c1ccc(Br)c(F)c1. The first-order chi connectivity index (χ1) is 8.20. The third-order valence-corrected chi connectivity index (χ3v) is 3.32. The molecule has 0 amide bonds. The summed E-state index contributed by atoms with van der Waals surface area (Å²) >= 11 is 3.15. The smallest absolute Gasteiger partial charge is 0.137 e. The first-order valence-electron chi connectivity index (χ1n) is 5.35. The van der Waals surface area contributed by atoms with Crippen molar-refractivity contribution in [3.8, 4) is 0 Å². The molecule has 0 radical (unpaired) electrons. The Balaban J connectivity index is 2.20. The Morgan fingerprint density at radius 1 is 1.41 bits per heavy atom. The maximum atomic E-state index is 13.5. The van der Waals surface area contributed by atoms with Gasteiger partial charge < -0.3 is 9.73 Å². The minimum atomic E-state index is -0.248. The molecular weight excluding hydrogens is 285 g/mol. The van der Waals surface area contributed by atoms with Crippen molar-refractivity contribution in [1.82, 2.24) is 5.32 Å². The molecule has 0 aliphatic carbocycles. The van der Waals surface area contributed by atoms with Gasteiger partial charge in [-0.1, -0.05) is 6.07 Å². The van der Waals surface area contributed by atoms with Crippen molar-refractivity contribution >= 4 is 15.9 Å². The van der Waals surface area contributed by atoms with Crippen LogP contribution in [0.3, 0.4) is 0 Å². The summed E-state index contributed by atoms with van der Waals surface area (Å²) in [6.07, 6.45) is 2.34. The molecule has 90 valence electrons. The second-order valence-corrected chi connectivity index (χ2v) is 4.65. The van der Waals surface area contributed by atoms with E-state index >= 15 is 0 Å². The summed E-state index contributed by atoms with van der Waals surface area (Å²) in [4.78, 5) is 0. The molecule has 0 aliphatic heterocycles. The second-order valence-electron chi connectivity index (χ2n) is 3.80. The van der Waals surface area contributed by atoms with Gasteiger partial charge in [-0.05, 0) is 52.8 Å². The van der Waals surface area contributed by atoms with Crippen LogP contribution in [-0.4, -0.2) is 7.05 Å². The van der Waals surface area contributed by atoms with Crippen molar-refractivity contribution < 1.29 is 8.81 Å². The molecule has 1 aromatic heterocycles. The molecule has 0 fully saturated rings. The fourth-order valence-electron chi connectivity index (χ4n) is 1.75. The summed E-state index contributed by atoms with van der Waals surface area (Å²) in [5, 5.41) is 3.16. The second kappa shape index (κ2) is 5.47. The van der Waals surface area contributed by atoms with Crippen LogP contribution in [0.1, 0.15) is 17.4 Å². The van der Waals surface area contributed by atoms with Gasteiger partial charge in [0.1, 0.15) is 11.6 Å². The summed E-state index contributed by atoms with van der Waals surface area (Å²) in [6, 6.07) is 8.97. The van der Waals surface area contributed by atoms with E-state index in [-0.39, 0.29) is 11.9 Å². The van der Waals surface area contributed by atoms with E-state index in [0.29, 0.717) is 10.9 Å². The average molecular weight is 298 g/mol. The number of nitrogens with one attached hydrogen (secondary N) is 1. The molecule has 2 nitrogen and oxygen atoms in total. The molecule has 0 aliphatic rings. The van der Waals surface area contributed by atoms with Gasteiger partial charge >= 0.3 is 0 Å². The maximum Gasteiger partial charge on any atom is 0.137 e. The monoisotopic (exact) mass is 297 g/mol. The summed E-state index contributed by atoms with van der Waals surface area (Å²) in [5.74, 6) is 0.634. The Morgan fingerprint density at radius 2 is 2.24 bits per heavy atom. The standard InChI is InChI=1S/C13H13BrFNO/c1-16-13(8-10-3-2-6-17-10)9-4-5-11(14)12(15)7-9/h2-7,13,16H,8H2,1H3. The molecule has 1 heterocycles. The number of furan rings is 1. The van der Waals surface area contributed by atoms with E-state index in [1.54, 1.807) is 12.3 Å². The van der Waals surface area contributed by atoms with Crippen LogP contribution < -0.4 is 5.32 Å². The molecule has 0 saturated heterocycles. The molecule has 4 heteroatoms. The van der Waals surface area contributed by atoms with E-state index in [1.807, 2.05) is 25.2 Å². The van der Waals surface area contributed by atoms with Crippen molar-refractivity contribution in [2.45, 2.75) is 12.5 Å². The maximum absolute atomic E-state index is 13.5. The average Bonchev–Trinajstić information content (AvgIpc) is 2.82. The first-order valence-corrected chi connectivity index (χ1v) is 6.14. The lowest BCUT2D eigenvalue weighted by Crippen LogP contribution is -2.18. The number of hydrogen-bond donors (Lipinski definition) is 1. The van der Waals surface area contributed by atoms with Crippen LogP contribution in [0.4, 0.5) is 4.39 Å². The van der Waals surface area contributed by atoms with Crippen LogP contribution in [0.2, 0.25) is 0 Å². The quantitative estimate of drug-likeness (QED) is 0.931.